The quantitative estimate of drug-likeness (QED) is 0.756. The SMILES string of the molecule is Cc1cccc(C#N)c1Oc1ccccc1. The number of nitrogens with zero attached hydrogens (tertiary/aromatic N) is 1. The van der Waals surface area contributed by atoms with Gasteiger partial charge in [-0.2, -0.15) is 5.26 Å². The minimum Gasteiger partial charge on any atom is -0.456 e. The predicted octanol–water partition coefficient (Wildman–Crippen LogP) is 3.66. The van der Waals surface area contributed by atoms with Crippen LogP contribution in [0.5, 0.6) is 11.5 Å². The van der Waals surface area contributed by atoms with E-state index in [2.05, 4.69) is 6.07 Å². The fourth-order valence-electron chi connectivity index (χ4n) is 1.48. The summed E-state index contributed by atoms with van der Waals surface area (Å²) in [4.78, 5) is 0. The zero-order valence-electron chi connectivity index (χ0n) is 8.97. The summed E-state index contributed by atoms with van der Waals surface area (Å²) in [6.07, 6.45) is 0. The second-order valence-electron chi connectivity index (χ2n) is 3.48. The van der Waals surface area contributed by atoms with Gasteiger partial charge in [0.2, 0.25) is 0 Å². The molecule has 2 nitrogen and oxygen atoms in total. The molecule has 0 atom stereocenters. The maximum atomic E-state index is 8.99. The van der Waals surface area contributed by atoms with Crippen LogP contribution >= 0.6 is 0 Å². The molecule has 0 spiro atoms. The minimum absolute atomic E-state index is 0.559. The van der Waals surface area contributed by atoms with E-state index < -0.39 is 0 Å². The molecule has 0 aromatic heterocycles. The van der Waals surface area contributed by atoms with E-state index in [1.54, 1.807) is 6.07 Å². The third kappa shape index (κ3) is 2.04. The molecule has 2 aromatic rings. The van der Waals surface area contributed by atoms with Gasteiger partial charge in [0.1, 0.15) is 17.6 Å². The highest BCUT2D eigenvalue weighted by Crippen LogP contribution is 2.28. The first kappa shape index (κ1) is 10.3. The van der Waals surface area contributed by atoms with E-state index >= 15 is 0 Å². The molecule has 0 fully saturated rings. The highest BCUT2D eigenvalue weighted by Gasteiger charge is 2.06. The summed E-state index contributed by atoms with van der Waals surface area (Å²) in [5.41, 5.74) is 1.52. The average molecular weight is 209 g/mol. The summed E-state index contributed by atoms with van der Waals surface area (Å²) in [6.45, 7) is 1.93. The Labute approximate surface area is 94.7 Å². The number of aryl methyl sites for hydroxylation is 1. The van der Waals surface area contributed by atoms with Gasteiger partial charge in [0.05, 0.1) is 5.56 Å². The molecule has 0 saturated heterocycles. The van der Waals surface area contributed by atoms with Crippen LogP contribution in [0.15, 0.2) is 48.5 Å². The summed E-state index contributed by atoms with van der Waals surface area (Å²) >= 11 is 0. The van der Waals surface area contributed by atoms with Crippen molar-refractivity contribution in [3.05, 3.63) is 59.7 Å². The summed E-state index contributed by atoms with van der Waals surface area (Å²) in [6, 6.07) is 17.1. The Morgan fingerprint density at radius 3 is 2.44 bits per heavy atom. The topological polar surface area (TPSA) is 33.0 Å². The Balaban J connectivity index is 2.39. The molecule has 0 aliphatic heterocycles. The number of benzene rings is 2. The number of ether oxygens (including phenoxy) is 1. The van der Waals surface area contributed by atoms with E-state index in [0.717, 1.165) is 11.3 Å². The molecule has 16 heavy (non-hydrogen) atoms. The van der Waals surface area contributed by atoms with Gasteiger partial charge in [0.15, 0.2) is 0 Å². The molecule has 2 aromatic carbocycles. The maximum Gasteiger partial charge on any atom is 0.148 e. The number of para-hydroxylation sites is 2. The van der Waals surface area contributed by atoms with Crippen molar-refractivity contribution in [1.82, 2.24) is 0 Å². The fraction of sp³-hybridized carbons (Fsp3) is 0.0714. The lowest BCUT2D eigenvalue weighted by Gasteiger charge is -2.09. The molecule has 0 amide bonds. The lowest BCUT2D eigenvalue weighted by atomic mass is 10.1. The monoisotopic (exact) mass is 209 g/mol. The van der Waals surface area contributed by atoms with Crippen molar-refractivity contribution in [1.29, 1.82) is 5.26 Å². The van der Waals surface area contributed by atoms with Crippen LogP contribution in [0, 0.1) is 18.3 Å². The lowest BCUT2D eigenvalue weighted by molar-refractivity contribution is 0.477. The van der Waals surface area contributed by atoms with Crippen molar-refractivity contribution < 1.29 is 4.74 Å². The normalized spacial score (nSPS) is 9.50. The van der Waals surface area contributed by atoms with Gasteiger partial charge in [-0.1, -0.05) is 30.3 Å². The number of hydrogen-bond acceptors (Lipinski definition) is 2. The van der Waals surface area contributed by atoms with E-state index in [9.17, 15) is 0 Å². The van der Waals surface area contributed by atoms with E-state index in [4.69, 9.17) is 10.00 Å². The smallest absolute Gasteiger partial charge is 0.148 e. The predicted molar refractivity (Wildman–Crippen MR) is 62.4 cm³/mol. The Morgan fingerprint density at radius 1 is 1.00 bits per heavy atom. The van der Waals surface area contributed by atoms with Crippen LogP contribution in [0.1, 0.15) is 11.1 Å². The van der Waals surface area contributed by atoms with Gasteiger partial charge < -0.3 is 4.74 Å². The van der Waals surface area contributed by atoms with Crippen LogP contribution in [0.3, 0.4) is 0 Å². The van der Waals surface area contributed by atoms with Crippen molar-refractivity contribution in [3.8, 4) is 17.6 Å². The summed E-state index contributed by atoms with van der Waals surface area (Å²) in [5.74, 6) is 1.38. The molecule has 78 valence electrons. The number of hydrogen-bond donors (Lipinski definition) is 0. The Morgan fingerprint density at radius 2 is 1.75 bits per heavy atom. The standard InChI is InChI=1S/C14H11NO/c1-11-6-5-7-12(10-15)14(11)16-13-8-3-2-4-9-13/h2-9H,1H3. The molecule has 0 heterocycles. The molecule has 0 unspecified atom stereocenters. The lowest BCUT2D eigenvalue weighted by Crippen LogP contribution is -1.90. The Kier molecular flexibility index (Phi) is 2.88. The van der Waals surface area contributed by atoms with Gasteiger partial charge in [-0.25, -0.2) is 0 Å². The summed E-state index contributed by atoms with van der Waals surface area (Å²) in [5, 5.41) is 8.99. The van der Waals surface area contributed by atoms with E-state index in [1.165, 1.54) is 0 Å². The van der Waals surface area contributed by atoms with Crippen molar-refractivity contribution in [3.63, 3.8) is 0 Å². The Hall–Kier alpha value is -2.27. The third-order valence-electron chi connectivity index (χ3n) is 2.30. The van der Waals surface area contributed by atoms with E-state index in [-0.39, 0.29) is 0 Å². The number of nitriles is 1. The first-order chi connectivity index (χ1) is 7.81. The second kappa shape index (κ2) is 4.50. The van der Waals surface area contributed by atoms with Gasteiger partial charge in [0.25, 0.3) is 0 Å². The molecular weight excluding hydrogens is 198 g/mol. The first-order valence-corrected chi connectivity index (χ1v) is 5.04. The summed E-state index contributed by atoms with van der Waals surface area (Å²) < 4.78 is 5.71. The van der Waals surface area contributed by atoms with E-state index in [0.29, 0.717) is 11.3 Å². The highest BCUT2D eigenvalue weighted by molar-refractivity contribution is 5.49. The van der Waals surface area contributed by atoms with Crippen molar-refractivity contribution in [2.45, 2.75) is 6.92 Å². The van der Waals surface area contributed by atoms with E-state index in [1.807, 2.05) is 49.4 Å². The largest absolute Gasteiger partial charge is 0.456 e. The van der Waals surface area contributed by atoms with Gasteiger partial charge in [0, 0.05) is 0 Å². The van der Waals surface area contributed by atoms with Crippen molar-refractivity contribution in [2.75, 3.05) is 0 Å². The van der Waals surface area contributed by atoms with Crippen LogP contribution in [0.25, 0.3) is 0 Å². The third-order valence-corrected chi connectivity index (χ3v) is 2.30. The minimum atomic E-state index is 0.559. The molecule has 2 heteroatoms. The molecule has 2 rings (SSSR count). The zero-order chi connectivity index (χ0) is 11.4. The number of rotatable bonds is 2. The molecule has 0 aliphatic carbocycles. The molecule has 0 radical (unpaired) electrons. The average Bonchev–Trinajstić information content (AvgIpc) is 2.33. The first-order valence-electron chi connectivity index (χ1n) is 5.04. The Bertz CT molecular complexity index is 526. The van der Waals surface area contributed by atoms with Gasteiger partial charge >= 0.3 is 0 Å². The molecule has 0 saturated carbocycles. The molecule has 0 aliphatic rings. The van der Waals surface area contributed by atoms with Crippen LogP contribution in [0.4, 0.5) is 0 Å². The molecule has 0 bridgehead atoms. The summed E-state index contributed by atoms with van der Waals surface area (Å²) in [7, 11) is 0. The molecular formula is C14H11NO. The zero-order valence-corrected chi connectivity index (χ0v) is 8.97. The second-order valence-corrected chi connectivity index (χ2v) is 3.48. The van der Waals surface area contributed by atoms with Crippen LogP contribution in [-0.4, -0.2) is 0 Å². The van der Waals surface area contributed by atoms with Crippen LogP contribution < -0.4 is 4.74 Å². The van der Waals surface area contributed by atoms with Crippen LogP contribution in [0.2, 0.25) is 0 Å². The highest BCUT2D eigenvalue weighted by atomic mass is 16.5. The van der Waals surface area contributed by atoms with Gasteiger partial charge in [-0.15, -0.1) is 0 Å². The van der Waals surface area contributed by atoms with Crippen LogP contribution in [-0.2, 0) is 0 Å². The molecule has 0 N–H and O–H groups in total. The van der Waals surface area contributed by atoms with Gasteiger partial charge in [-0.05, 0) is 30.7 Å². The fourth-order valence-corrected chi connectivity index (χ4v) is 1.48. The maximum absolute atomic E-state index is 8.99. The van der Waals surface area contributed by atoms with Crippen molar-refractivity contribution >= 4 is 0 Å². The van der Waals surface area contributed by atoms with Gasteiger partial charge in [-0.3, -0.25) is 0 Å². The van der Waals surface area contributed by atoms with Crippen molar-refractivity contribution in [2.24, 2.45) is 0 Å².